The van der Waals surface area contributed by atoms with Crippen LogP contribution in [0.25, 0.3) is 11.0 Å². The van der Waals surface area contributed by atoms with Crippen molar-refractivity contribution in [3.05, 3.63) is 94.2 Å². The van der Waals surface area contributed by atoms with E-state index in [-0.39, 0.29) is 28.6 Å². The summed E-state index contributed by atoms with van der Waals surface area (Å²) in [5, 5.41) is 14.5. The first-order valence-electron chi connectivity index (χ1n) is 11.7. The minimum atomic E-state index is -0.575. The molecule has 37 heavy (non-hydrogen) atoms. The van der Waals surface area contributed by atoms with Crippen LogP contribution in [-0.4, -0.2) is 54.9 Å². The molecule has 10 heteroatoms. The van der Waals surface area contributed by atoms with Crippen molar-refractivity contribution in [3.63, 3.8) is 0 Å². The number of methoxy groups -OCH3 is 1. The van der Waals surface area contributed by atoms with E-state index in [1.165, 1.54) is 24.3 Å². The van der Waals surface area contributed by atoms with E-state index >= 15 is 0 Å². The number of nitro benzene ring substituents is 1. The summed E-state index contributed by atoms with van der Waals surface area (Å²) in [6.45, 7) is 2.21. The number of non-ortho nitro benzene ring substituents is 1. The molecule has 4 aromatic rings. The van der Waals surface area contributed by atoms with Crippen LogP contribution in [0, 0.1) is 10.1 Å². The standard InChI is InChI=1S/C27H24N4O6/c1-36-21-11-9-19(10-12-21)29-13-15-30(16-14-29)27(33)25-24(22-7-2-3-8-23(22)37-25)28-26(32)18-5-4-6-20(17-18)31(34)35/h2-12,17H,13-16H2,1H3,(H,28,32). The molecule has 0 atom stereocenters. The largest absolute Gasteiger partial charge is 0.497 e. The van der Waals surface area contributed by atoms with Gasteiger partial charge in [-0.3, -0.25) is 19.7 Å². The molecule has 0 unspecified atom stereocenters. The molecule has 1 N–H and O–H groups in total. The number of ether oxygens (including phenoxy) is 1. The maximum absolute atomic E-state index is 13.5. The number of rotatable bonds is 6. The van der Waals surface area contributed by atoms with Gasteiger partial charge < -0.3 is 24.3 Å². The molecule has 2 heterocycles. The highest BCUT2D eigenvalue weighted by Gasteiger charge is 2.29. The van der Waals surface area contributed by atoms with Crippen molar-refractivity contribution < 1.29 is 23.7 Å². The Balaban J connectivity index is 1.37. The zero-order valence-electron chi connectivity index (χ0n) is 20.0. The maximum atomic E-state index is 13.5. The Morgan fingerprint density at radius 1 is 0.973 bits per heavy atom. The third kappa shape index (κ3) is 4.81. The Bertz CT molecular complexity index is 1470. The van der Waals surface area contributed by atoms with Crippen LogP contribution < -0.4 is 15.0 Å². The first-order valence-corrected chi connectivity index (χ1v) is 11.7. The fraction of sp³-hybridized carbons (Fsp3) is 0.185. The van der Waals surface area contributed by atoms with Crippen molar-refractivity contribution in [2.75, 3.05) is 43.5 Å². The minimum absolute atomic E-state index is 0.0258. The average Bonchev–Trinajstić information content (AvgIpc) is 3.31. The Morgan fingerprint density at radius 2 is 1.70 bits per heavy atom. The van der Waals surface area contributed by atoms with E-state index in [1.54, 1.807) is 36.3 Å². The van der Waals surface area contributed by atoms with Gasteiger partial charge in [0.05, 0.1) is 12.0 Å². The number of para-hydroxylation sites is 1. The van der Waals surface area contributed by atoms with Crippen LogP contribution >= 0.6 is 0 Å². The average molecular weight is 501 g/mol. The van der Waals surface area contributed by atoms with Gasteiger partial charge >= 0.3 is 0 Å². The molecule has 188 valence electrons. The first-order chi connectivity index (χ1) is 17.9. The molecule has 1 fully saturated rings. The van der Waals surface area contributed by atoms with Crippen LogP contribution in [0.3, 0.4) is 0 Å². The van der Waals surface area contributed by atoms with E-state index < -0.39 is 10.8 Å². The molecule has 1 aliphatic heterocycles. The summed E-state index contributed by atoms with van der Waals surface area (Å²) in [6.07, 6.45) is 0. The number of hydrogen-bond acceptors (Lipinski definition) is 7. The Kier molecular flexibility index (Phi) is 6.46. The quantitative estimate of drug-likeness (QED) is 0.304. The fourth-order valence-corrected chi connectivity index (χ4v) is 4.37. The third-order valence-electron chi connectivity index (χ3n) is 6.35. The number of nitrogens with one attached hydrogen (secondary N) is 1. The van der Waals surface area contributed by atoms with Gasteiger partial charge in [-0.05, 0) is 42.5 Å². The Labute approximate surface area is 212 Å². The predicted molar refractivity (Wildman–Crippen MR) is 138 cm³/mol. The molecule has 5 rings (SSSR count). The van der Waals surface area contributed by atoms with Gasteiger partial charge in [0, 0.05) is 54.9 Å². The molecule has 3 aromatic carbocycles. The fourth-order valence-electron chi connectivity index (χ4n) is 4.37. The van der Waals surface area contributed by atoms with Gasteiger partial charge in [0.25, 0.3) is 17.5 Å². The van der Waals surface area contributed by atoms with E-state index in [2.05, 4.69) is 10.2 Å². The maximum Gasteiger partial charge on any atom is 0.291 e. The topological polar surface area (TPSA) is 118 Å². The van der Waals surface area contributed by atoms with Gasteiger partial charge in [-0.25, -0.2) is 0 Å². The summed E-state index contributed by atoms with van der Waals surface area (Å²) >= 11 is 0. The zero-order valence-corrected chi connectivity index (χ0v) is 20.0. The van der Waals surface area contributed by atoms with Crippen molar-refractivity contribution in [2.24, 2.45) is 0 Å². The number of furan rings is 1. The number of piperazine rings is 1. The molecule has 0 aliphatic carbocycles. The first kappa shape index (κ1) is 23.9. The van der Waals surface area contributed by atoms with E-state index in [0.29, 0.717) is 37.1 Å². The van der Waals surface area contributed by atoms with Gasteiger partial charge in [-0.2, -0.15) is 0 Å². The lowest BCUT2D eigenvalue weighted by Gasteiger charge is -2.35. The number of hydrogen-bond donors (Lipinski definition) is 1. The van der Waals surface area contributed by atoms with Crippen LogP contribution in [0.1, 0.15) is 20.9 Å². The van der Waals surface area contributed by atoms with E-state index in [9.17, 15) is 19.7 Å². The van der Waals surface area contributed by atoms with Gasteiger partial charge in [-0.15, -0.1) is 0 Å². The number of nitro groups is 1. The van der Waals surface area contributed by atoms with Crippen LogP contribution in [-0.2, 0) is 0 Å². The van der Waals surface area contributed by atoms with Crippen molar-refractivity contribution in [2.45, 2.75) is 0 Å². The second kappa shape index (κ2) is 10.0. The van der Waals surface area contributed by atoms with Crippen LogP contribution in [0.15, 0.2) is 77.2 Å². The second-order valence-electron chi connectivity index (χ2n) is 8.54. The summed E-state index contributed by atoms with van der Waals surface area (Å²) in [4.78, 5) is 41.0. The normalized spacial score (nSPS) is 13.4. The number of fused-ring (bicyclic) bond motifs is 1. The molecule has 1 aromatic heterocycles. The number of carbonyl (C=O) groups is 2. The highest BCUT2D eigenvalue weighted by atomic mass is 16.6. The van der Waals surface area contributed by atoms with Gasteiger partial charge in [0.2, 0.25) is 5.76 Å². The van der Waals surface area contributed by atoms with Gasteiger partial charge in [0.1, 0.15) is 17.0 Å². The molecular formula is C27H24N4O6. The van der Waals surface area contributed by atoms with E-state index in [4.69, 9.17) is 9.15 Å². The second-order valence-corrected chi connectivity index (χ2v) is 8.54. The van der Waals surface area contributed by atoms with E-state index in [0.717, 1.165) is 11.4 Å². The lowest BCUT2D eigenvalue weighted by molar-refractivity contribution is -0.384. The summed E-state index contributed by atoms with van der Waals surface area (Å²) < 4.78 is 11.1. The molecule has 0 saturated carbocycles. The minimum Gasteiger partial charge on any atom is -0.497 e. The van der Waals surface area contributed by atoms with Crippen molar-refractivity contribution in [3.8, 4) is 5.75 Å². The molecule has 1 saturated heterocycles. The smallest absolute Gasteiger partial charge is 0.291 e. The number of nitrogens with zero attached hydrogens (tertiary/aromatic N) is 3. The lowest BCUT2D eigenvalue weighted by atomic mass is 10.1. The van der Waals surface area contributed by atoms with Gasteiger partial charge in [-0.1, -0.05) is 18.2 Å². The molecular weight excluding hydrogens is 476 g/mol. The van der Waals surface area contributed by atoms with Crippen LogP contribution in [0.4, 0.5) is 17.1 Å². The zero-order chi connectivity index (χ0) is 25.9. The summed E-state index contributed by atoms with van der Waals surface area (Å²) in [5.74, 6) is -0.103. The van der Waals surface area contributed by atoms with E-state index in [1.807, 2.05) is 24.3 Å². The Morgan fingerprint density at radius 3 is 2.41 bits per heavy atom. The molecule has 0 radical (unpaired) electrons. The molecule has 0 bridgehead atoms. The highest BCUT2D eigenvalue weighted by Crippen LogP contribution is 2.33. The SMILES string of the molecule is COc1ccc(N2CCN(C(=O)c3oc4ccccc4c3NC(=O)c3cccc([N+](=O)[O-])c3)CC2)cc1. The summed E-state index contributed by atoms with van der Waals surface area (Å²) in [6, 6.07) is 20.2. The number of amides is 2. The van der Waals surface area contributed by atoms with Crippen LogP contribution in [0.2, 0.25) is 0 Å². The molecule has 2 amide bonds. The van der Waals surface area contributed by atoms with Crippen molar-refractivity contribution >= 4 is 39.8 Å². The van der Waals surface area contributed by atoms with Crippen LogP contribution in [0.5, 0.6) is 5.75 Å². The molecule has 0 spiro atoms. The van der Waals surface area contributed by atoms with Crippen molar-refractivity contribution in [1.82, 2.24) is 4.90 Å². The van der Waals surface area contributed by atoms with Gasteiger partial charge in [0.15, 0.2) is 0 Å². The third-order valence-corrected chi connectivity index (χ3v) is 6.35. The molecule has 10 nitrogen and oxygen atoms in total. The summed E-state index contributed by atoms with van der Waals surface area (Å²) in [7, 11) is 1.62. The monoisotopic (exact) mass is 500 g/mol. The Hall–Kier alpha value is -4.86. The summed E-state index contributed by atoms with van der Waals surface area (Å²) in [5.41, 5.74) is 1.65. The number of benzene rings is 3. The van der Waals surface area contributed by atoms with Crippen molar-refractivity contribution in [1.29, 1.82) is 0 Å². The number of carbonyl (C=O) groups excluding carboxylic acids is 2. The number of anilines is 2. The molecule has 1 aliphatic rings. The lowest BCUT2D eigenvalue weighted by Crippen LogP contribution is -2.48. The predicted octanol–water partition coefficient (Wildman–Crippen LogP) is 4.56. The highest BCUT2D eigenvalue weighted by molar-refractivity contribution is 6.14.